The number of aromatic nitrogens is 2. The van der Waals surface area contributed by atoms with Crippen molar-refractivity contribution in [2.45, 2.75) is 51.4 Å². The average molecular weight is 607 g/mol. The van der Waals surface area contributed by atoms with Gasteiger partial charge in [0.1, 0.15) is 5.02 Å². The molecule has 0 radical (unpaired) electrons. The van der Waals surface area contributed by atoms with E-state index in [0.717, 1.165) is 25.9 Å². The van der Waals surface area contributed by atoms with Gasteiger partial charge in [-0.2, -0.15) is 18.2 Å². The summed E-state index contributed by atoms with van der Waals surface area (Å²) in [5.74, 6) is -0.175. The minimum Gasteiger partial charge on any atom is -0.481 e. The number of aliphatic carboxylic acids is 1. The summed E-state index contributed by atoms with van der Waals surface area (Å²) in [4.78, 5) is 23.8. The van der Waals surface area contributed by atoms with Crippen LogP contribution in [-0.2, 0) is 17.5 Å². The molecule has 5 rings (SSSR count). The zero-order valence-corrected chi connectivity index (χ0v) is 23.5. The van der Waals surface area contributed by atoms with Crippen LogP contribution in [0.25, 0.3) is 0 Å². The van der Waals surface area contributed by atoms with Crippen molar-refractivity contribution in [2.24, 2.45) is 17.3 Å². The van der Waals surface area contributed by atoms with E-state index in [1.165, 1.54) is 0 Å². The van der Waals surface area contributed by atoms with Crippen LogP contribution in [0.4, 0.5) is 24.9 Å². The molecule has 2 N–H and O–H groups in total. The van der Waals surface area contributed by atoms with Crippen LogP contribution in [-0.4, -0.2) is 58.2 Å². The van der Waals surface area contributed by atoms with Gasteiger partial charge in [0.2, 0.25) is 5.95 Å². The molecule has 2 aliphatic heterocycles. The Hall–Kier alpha value is -2.01. The molecule has 0 spiro atoms. The number of nitrogens with one attached hydrogen (secondary N) is 1. The van der Waals surface area contributed by atoms with Crippen molar-refractivity contribution in [3.63, 3.8) is 0 Å². The maximum atomic E-state index is 13.8. The second-order valence-electron chi connectivity index (χ2n) is 11.1. The predicted molar refractivity (Wildman–Crippen MR) is 145 cm³/mol. The molecule has 1 aliphatic carbocycles. The molecule has 2 saturated heterocycles. The lowest BCUT2D eigenvalue weighted by molar-refractivity contribution is -0.158. The number of hydrogen-bond donors (Lipinski definition) is 2. The van der Waals surface area contributed by atoms with E-state index < -0.39 is 28.3 Å². The molecule has 212 valence electrons. The molecule has 13 heteroatoms. The summed E-state index contributed by atoms with van der Waals surface area (Å²) in [6.45, 7) is 4.84. The van der Waals surface area contributed by atoms with Crippen molar-refractivity contribution in [1.29, 1.82) is 0 Å². The number of rotatable bonds is 7. The second kappa shape index (κ2) is 10.8. The van der Waals surface area contributed by atoms with Gasteiger partial charge in [-0.25, -0.2) is 4.98 Å². The quantitative estimate of drug-likeness (QED) is 0.374. The van der Waals surface area contributed by atoms with Gasteiger partial charge in [-0.05, 0) is 68.7 Å². The number of nitrogens with zero attached hydrogens (tertiary/aromatic N) is 4. The molecule has 39 heavy (non-hydrogen) atoms. The van der Waals surface area contributed by atoms with Gasteiger partial charge in [0.05, 0.1) is 5.41 Å². The maximum Gasteiger partial charge on any atom is 0.435 e. The number of likely N-dealkylation sites (tertiary alicyclic amines) is 1. The Balaban J connectivity index is 1.25. The molecule has 7 nitrogen and oxygen atoms in total. The van der Waals surface area contributed by atoms with Crippen molar-refractivity contribution in [1.82, 2.24) is 14.9 Å². The van der Waals surface area contributed by atoms with Crippen molar-refractivity contribution in [2.75, 3.05) is 36.4 Å². The van der Waals surface area contributed by atoms with E-state index in [9.17, 15) is 23.1 Å². The average Bonchev–Trinajstić information content (AvgIpc) is 2.81. The Morgan fingerprint density at radius 3 is 2.51 bits per heavy atom. The SMILES string of the molecule is CC1(C(=O)O)CC(N2CCCC(C3CN(c4nc(NCc5ccc(Cl)cc5Cl)c(Cl)c(C(F)(F)F)n4)C3)C2)C1. The standard InChI is InChI=1S/C26H29Cl3F3N5O2/c1-25(23(38)39)8-18(9-25)36-6-2-3-15(11-36)16-12-37(13-16)24-34-21(26(30,31)32)20(29)22(35-24)33-10-14-4-5-17(27)7-19(14)28/h4-5,7,15-16,18H,2-3,6,8-13H2,1H3,(H,38,39)(H,33,34,35). The molecule has 2 aromatic rings. The zero-order valence-electron chi connectivity index (χ0n) is 21.2. The van der Waals surface area contributed by atoms with Gasteiger partial charge in [0.25, 0.3) is 0 Å². The van der Waals surface area contributed by atoms with Gasteiger partial charge in [-0.15, -0.1) is 0 Å². The summed E-state index contributed by atoms with van der Waals surface area (Å²) in [6, 6.07) is 5.15. The van der Waals surface area contributed by atoms with E-state index in [2.05, 4.69) is 20.2 Å². The third-order valence-electron chi connectivity index (χ3n) is 8.32. The molecule has 1 saturated carbocycles. The summed E-state index contributed by atoms with van der Waals surface area (Å²) >= 11 is 18.2. The number of carbonyl (C=O) groups is 1. The Morgan fingerprint density at radius 2 is 1.87 bits per heavy atom. The Kier molecular flexibility index (Phi) is 7.87. The zero-order chi connectivity index (χ0) is 28.1. The summed E-state index contributed by atoms with van der Waals surface area (Å²) in [7, 11) is 0. The van der Waals surface area contributed by atoms with Crippen LogP contribution >= 0.6 is 34.8 Å². The fourth-order valence-corrected chi connectivity index (χ4v) is 6.60. The predicted octanol–water partition coefficient (Wildman–Crippen LogP) is 6.47. The van der Waals surface area contributed by atoms with Crippen molar-refractivity contribution < 1.29 is 23.1 Å². The largest absolute Gasteiger partial charge is 0.481 e. The van der Waals surface area contributed by atoms with Gasteiger partial charge >= 0.3 is 12.1 Å². The van der Waals surface area contributed by atoms with Crippen LogP contribution < -0.4 is 10.2 Å². The highest BCUT2D eigenvalue weighted by molar-refractivity contribution is 6.35. The molecule has 1 aromatic heterocycles. The summed E-state index contributed by atoms with van der Waals surface area (Å²) in [6.07, 6.45) is -1.37. The van der Waals surface area contributed by atoms with Crippen LogP contribution in [0.2, 0.25) is 15.1 Å². The molecule has 3 heterocycles. The van der Waals surface area contributed by atoms with E-state index in [4.69, 9.17) is 34.8 Å². The topological polar surface area (TPSA) is 81.6 Å². The van der Waals surface area contributed by atoms with E-state index in [0.29, 0.717) is 53.4 Å². The molecule has 1 atom stereocenters. The maximum absolute atomic E-state index is 13.8. The van der Waals surface area contributed by atoms with E-state index in [-0.39, 0.29) is 24.4 Å². The first-order valence-electron chi connectivity index (χ1n) is 12.9. The Bertz CT molecular complexity index is 1250. The van der Waals surface area contributed by atoms with Crippen molar-refractivity contribution in [3.05, 3.63) is 44.5 Å². The summed E-state index contributed by atoms with van der Waals surface area (Å²) in [5.41, 5.74) is -1.19. The summed E-state index contributed by atoms with van der Waals surface area (Å²) in [5, 5.41) is 12.5. The number of alkyl halides is 3. The van der Waals surface area contributed by atoms with Crippen LogP contribution in [0, 0.1) is 17.3 Å². The molecule has 3 fully saturated rings. The molecular weight excluding hydrogens is 578 g/mol. The lowest BCUT2D eigenvalue weighted by atomic mass is 9.65. The van der Waals surface area contributed by atoms with Crippen LogP contribution in [0.1, 0.15) is 43.9 Å². The van der Waals surface area contributed by atoms with Crippen LogP contribution in [0.5, 0.6) is 0 Å². The smallest absolute Gasteiger partial charge is 0.435 e. The third-order valence-corrected chi connectivity index (χ3v) is 9.27. The molecular formula is C26H29Cl3F3N5O2. The molecule has 1 unspecified atom stereocenters. The Labute approximate surface area is 239 Å². The third kappa shape index (κ3) is 5.89. The lowest BCUT2D eigenvalue weighted by Gasteiger charge is -2.52. The highest BCUT2D eigenvalue weighted by Gasteiger charge is 2.50. The Morgan fingerprint density at radius 1 is 1.15 bits per heavy atom. The highest BCUT2D eigenvalue weighted by atomic mass is 35.5. The van der Waals surface area contributed by atoms with Crippen molar-refractivity contribution in [3.8, 4) is 0 Å². The van der Waals surface area contributed by atoms with Gasteiger partial charge < -0.3 is 20.2 Å². The number of hydrogen-bond acceptors (Lipinski definition) is 6. The molecule has 0 amide bonds. The first-order valence-corrected chi connectivity index (χ1v) is 14.0. The normalized spacial score (nSPS) is 26.2. The number of carboxylic acid groups (broad SMARTS) is 1. The number of piperidine rings is 1. The van der Waals surface area contributed by atoms with Crippen LogP contribution in [0.15, 0.2) is 18.2 Å². The minimum atomic E-state index is -4.75. The van der Waals surface area contributed by atoms with Crippen LogP contribution in [0.3, 0.4) is 0 Å². The number of benzene rings is 1. The number of anilines is 2. The second-order valence-corrected chi connectivity index (χ2v) is 12.3. The fraction of sp³-hybridized carbons (Fsp3) is 0.577. The van der Waals surface area contributed by atoms with Crippen molar-refractivity contribution >= 4 is 52.5 Å². The highest BCUT2D eigenvalue weighted by Crippen LogP contribution is 2.46. The number of halogens is 6. The molecule has 0 bridgehead atoms. The molecule has 3 aliphatic rings. The van der Waals surface area contributed by atoms with E-state index in [1.807, 2.05) is 0 Å². The first-order chi connectivity index (χ1) is 18.3. The number of carboxylic acids is 1. The summed E-state index contributed by atoms with van der Waals surface area (Å²) < 4.78 is 41.4. The van der Waals surface area contributed by atoms with Gasteiger partial charge in [-0.3, -0.25) is 4.79 Å². The van der Waals surface area contributed by atoms with Gasteiger partial charge in [0.15, 0.2) is 11.5 Å². The monoisotopic (exact) mass is 605 g/mol. The van der Waals surface area contributed by atoms with E-state index >= 15 is 0 Å². The van der Waals surface area contributed by atoms with E-state index in [1.54, 1.807) is 30.0 Å². The molecule has 1 aromatic carbocycles. The minimum absolute atomic E-state index is 0.0171. The van der Waals surface area contributed by atoms with Gasteiger partial charge in [-0.1, -0.05) is 40.9 Å². The lowest BCUT2D eigenvalue weighted by Crippen LogP contribution is -2.58. The fourth-order valence-electron chi connectivity index (χ4n) is 5.87. The van der Waals surface area contributed by atoms with Gasteiger partial charge in [0, 0.05) is 42.3 Å². The first kappa shape index (κ1) is 28.5.